The zero-order valence-electron chi connectivity index (χ0n) is 13.7. The van der Waals surface area contributed by atoms with Crippen molar-refractivity contribution in [3.63, 3.8) is 0 Å². The van der Waals surface area contributed by atoms with Crippen molar-refractivity contribution < 1.29 is 18.4 Å². The first-order chi connectivity index (χ1) is 10.1. The first-order valence-corrected chi connectivity index (χ1v) is 10.2. The molecule has 0 N–H and O–H groups in total. The third-order valence-electron chi connectivity index (χ3n) is 3.54. The lowest BCUT2D eigenvalue weighted by Gasteiger charge is -2.12. The van der Waals surface area contributed by atoms with Crippen LogP contribution in [0.3, 0.4) is 0 Å². The van der Waals surface area contributed by atoms with Crippen molar-refractivity contribution in [3.05, 3.63) is 0 Å². The Labute approximate surface area is 134 Å². The second-order valence-corrected chi connectivity index (χ2v) is 7.00. The van der Waals surface area contributed by atoms with Gasteiger partial charge in [-0.25, -0.2) is 0 Å². The Morgan fingerprint density at radius 3 is 1.38 bits per heavy atom. The van der Waals surface area contributed by atoms with E-state index in [1.807, 2.05) is 27.7 Å². The lowest BCUT2D eigenvalue weighted by atomic mass is 10.0. The molecule has 120 valence electrons. The van der Waals surface area contributed by atoms with Crippen molar-refractivity contribution in [1.29, 1.82) is 0 Å². The summed E-state index contributed by atoms with van der Waals surface area (Å²) in [7, 11) is 0.454. The summed E-state index contributed by atoms with van der Waals surface area (Å²) in [4.78, 5) is 23.3. The second-order valence-electron chi connectivity index (χ2n) is 5.01. The molecule has 0 aliphatic carbocycles. The first kappa shape index (κ1) is 20.4. The maximum atomic E-state index is 11.6. The predicted octanol–water partition coefficient (Wildman–Crippen LogP) is 3.41. The molecule has 0 bridgehead atoms. The van der Waals surface area contributed by atoms with Gasteiger partial charge in [-0.15, -0.1) is 0 Å². The molecular formula is C15H28O4Si2. The summed E-state index contributed by atoms with van der Waals surface area (Å²) in [6, 6.07) is 1.73. The van der Waals surface area contributed by atoms with Crippen LogP contribution < -0.4 is 0 Å². The zero-order chi connectivity index (χ0) is 16.1. The molecule has 0 heterocycles. The molecule has 0 spiro atoms. The Kier molecular flexibility index (Phi) is 12.7. The summed E-state index contributed by atoms with van der Waals surface area (Å²) in [6.45, 7) is 8.03. The van der Waals surface area contributed by atoms with Gasteiger partial charge in [-0.05, 0) is 37.8 Å². The molecule has 4 radical (unpaired) electrons. The van der Waals surface area contributed by atoms with Crippen LogP contribution in [0.1, 0.15) is 59.8 Å². The highest BCUT2D eigenvalue weighted by atomic mass is 28.2. The van der Waals surface area contributed by atoms with Gasteiger partial charge < -0.3 is 8.85 Å². The summed E-state index contributed by atoms with van der Waals surface area (Å²) in [6.07, 6.45) is 4.30. The molecule has 0 saturated carbocycles. The Morgan fingerprint density at radius 1 is 0.762 bits per heavy atom. The predicted molar refractivity (Wildman–Crippen MR) is 86.1 cm³/mol. The number of rotatable bonds is 12. The third kappa shape index (κ3) is 9.08. The zero-order valence-corrected chi connectivity index (χ0v) is 15.7. The minimum absolute atomic E-state index is 0.0420. The van der Waals surface area contributed by atoms with Crippen molar-refractivity contribution in [2.75, 3.05) is 0 Å². The van der Waals surface area contributed by atoms with E-state index < -0.39 is 0 Å². The van der Waals surface area contributed by atoms with Gasteiger partial charge in [0.15, 0.2) is 0 Å². The van der Waals surface area contributed by atoms with Crippen LogP contribution in [-0.4, -0.2) is 31.5 Å². The molecule has 0 saturated heterocycles. The second kappa shape index (κ2) is 13.1. The molecule has 21 heavy (non-hydrogen) atoms. The van der Waals surface area contributed by atoms with E-state index in [1.54, 1.807) is 0 Å². The summed E-state index contributed by atoms with van der Waals surface area (Å²) >= 11 is 0. The van der Waals surface area contributed by atoms with Gasteiger partial charge in [0, 0.05) is 0 Å². The van der Waals surface area contributed by atoms with Gasteiger partial charge in [-0.3, -0.25) is 9.59 Å². The standard InChI is InChI=1S/C15H28O4Si2/c1-5-12(6-2)14(16)18-20-10-9-11-21-19-15(17)13(7-3)8-4/h12-13H,5-11H2,1-4H3. The summed E-state index contributed by atoms with van der Waals surface area (Å²) in [5.41, 5.74) is 0. The van der Waals surface area contributed by atoms with Gasteiger partial charge >= 0.3 is 19.5 Å². The van der Waals surface area contributed by atoms with E-state index in [4.69, 9.17) is 8.85 Å². The van der Waals surface area contributed by atoms with E-state index in [1.165, 1.54) is 0 Å². The molecule has 0 aliphatic rings. The largest absolute Gasteiger partial charge is 0.516 e. The Morgan fingerprint density at radius 2 is 1.10 bits per heavy atom. The minimum atomic E-state index is -0.0686. The van der Waals surface area contributed by atoms with Crippen LogP contribution >= 0.6 is 0 Å². The van der Waals surface area contributed by atoms with E-state index in [-0.39, 0.29) is 43.3 Å². The smallest absolute Gasteiger partial charge is 0.314 e. The van der Waals surface area contributed by atoms with Crippen LogP contribution in [0.4, 0.5) is 0 Å². The fraction of sp³-hybridized carbons (Fsp3) is 0.867. The lowest BCUT2D eigenvalue weighted by Crippen LogP contribution is -2.19. The highest BCUT2D eigenvalue weighted by molar-refractivity contribution is 6.32. The van der Waals surface area contributed by atoms with Gasteiger partial charge in [0.1, 0.15) is 0 Å². The topological polar surface area (TPSA) is 52.6 Å². The van der Waals surface area contributed by atoms with Crippen molar-refractivity contribution >= 4 is 31.5 Å². The Hall–Kier alpha value is -0.626. The molecule has 0 rings (SSSR count). The van der Waals surface area contributed by atoms with Gasteiger partial charge in [0.2, 0.25) is 0 Å². The van der Waals surface area contributed by atoms with Crippen molar-refractivity contribution in [2.24, 2.45) is 11.8 Å². The van der Waals surface area contributed by atoms with Crippen LogP contribution in [0, 0.1) is 11.8 Å². The fourth-order valence-electron chi connectivity index (χ4n) is 1.89. The lowest BCUT2D eigenvalue weighted by molar-refractivity contribution is -0.140. The minimum Gasteiger partial charge on any atom is -0.516 e. The first-order valence-electron chi connectivity index (χ1n) is 7.97. The highest BCUT2D eigenvalue weighted by Gasteiger charge is 2.16. The maximum Gasteiger partial charge on any atom is 0.314 e. The molecule has 0 atom stereocenters. The van der Waals surface area contributed by atoms with Gasteiger partial charge in [0.05, 0.1) is 11.8 Å². The van der Waals surface area contributed by atoms with Gasteiger partial charge in [0.25, 0.3) is 11.9 Å². The summed E-state index contributed by atoms with van der Waals surface area (Å²) in [5, 5.41) is 0. The fourth-order valence-corrected chi connectivity index (χ4v) is 3.71. The van der Waals surface area contributed by atoms with E-state index in [2.05, 4.69) is 0 Å². The van der Waals surface area contributed by atoms with Crippen molar-refractivity contribution in [3.8, 4) is 0 Å². The SMILES string of the molecule is CCC(CC)C(=O)O[Si]CCC[Si]OC(=O)C(CC)CC. The van der Waals surface area contributed by atoms with Crippen LogP contribution in [0.2, 0.25) is 12.1 Å². The van der Waals surface area contributed by atoms with E-state index in [0.29, 0.717) is 0 Å². The van der Waals surface area contributed by atoms with Crippen LogP contribution in [0.15, 0.2) is 0 Å². The molecule has 0 fully saturated rings. The normalized spacial score (nSPS) is 11.0. The maximum absolute atomic E-state index is 11.6. The van der Waals surface area contributed by atoms with E-state index in [9.17, 15) is 9.59 Å². The Balaban J connectivity index is 3.57. The number of carbonyl (C=O) groups is 2. The third-order valence-corrected chi connectivity index (χ3v) is 5.35. The number of hydrogen-bond donors (Lipinski definition) is 0. The summed E-state index contributed by atoms with van der Waals surface area (Å²) in [5.74, 6) is -0.0532. The molecule has 0 aliphatic heterocycles. The van der Waals surface area contributed by atoms with Gasteiger partial charge in [-0.2, -0.15) is 0 Å². The molecule has 0 amide bonds. The number of hydrogen-bond acceptors (Lipinski definition) is 4. The van der Waals surface area contributed by atoms with Crippen molar-refractivity contribution in [1.82, 2.24) is 0 Å². The van der Waals surface area contributed by atoms with Crippen LogP contribution in [0.25, 0.3) is 0 Å². The Bertz CT molecular complexity index is 261. The molecule has 0 unspecified atom stereocenters. The quantitative estimate of drug-likeness (QED) is 0.407. The molecule has 4 nitrogen and oxygen atoms in total. The van der Waals surface area contributed by atoms with Gasteiger partial charge in [-0.1, -0.05) is 34.1 Å². The molecular weight excluding hydrogens is 300 g/mol. The monoisotopic (exact) mass is 328 g/mol. The van der Waals surface area contributed by atoms with Crippen LogP contribution in [-0.2, 0) is 18.4 Å². The van der Waals surface area contributed by atoms with Crippen molar-refractivity contribution in [2.45, 2.75) is 71.9 Å². The summed E-state index contributed by atoms with van der Waals surface area (Å²) < 4.78 is 10.5. The number of carbonyl (C=O) groups excluding carboxylic acids is 2. The van der Waals surface area contributed by atoms with Crippen LogP contribution in [0.5, 0.6) is 0 Å². The molecule has 0 aromatic heterocycles. The average molecular weight is 329 g/mol. The average Bonchev–Trinajstić information content (AvgIpc) is 2.48. The molecule has 0 aromatic carbocycles. The highest BCUT2D eigenvalue weighted by Crippen LogP contribution is 2.11. The van der Waals surface area contributed by atoms with E-state index in [0.717, 1.165) is 44.2 Å². The molecule has 6 heteroatoms. The molecule has 0 aromatic rings. The van der Waals surface area contributed by atoms with E-state index >= 15 is 0 Å².